The van der Waals surface area contributed by atoms with Crippen molar-refractivity contribution in [2.75, 3.05) is 0 Å². The molecule has 4 nitrogen and oxygen atoms in total. The lowest BCUT2D eigenvalue weighted by Crippen LogP contribution is -2.40. The molecule has 1 aliphatic heterocycles. The third-order valence-electron chi connectivity index (χ3n) is 3.12. The molecule has 0 amide bonds. The molecule has 0 unspecified atom stereocenters. The summed E-state index contributed by atoms with van der Waals surface area (Å²) in [6, 6.07) is 1.60. The second kappa shape index (κ2) is 4.03. The monoisotopic (exact) mass is 222 g/mol. The average molecular weight is 222 g/mol. The summed E-state index contributed by atoms with van der Waals surface area (Å²) in [4.78, 5) is 3.88. The Morgan fingerprint density at radius 1 is 1.50 bits per heavy atom. The van der Waals surface area contributed by atoms with E-state index in [0.717, 1.165) is 12.8 Å². The van der Waals surface area contributed by atoms with Crippen molar-refractivity contribution in [3.63, 3.8) is 0 Å². The Labute approximate surface area is 95.3 Å². The van der Waals surface area contributed by atoms with E-state index in [1.807, 2.05) is 0 Å². The fraction of sp³-hybridized carbons (Fsp3) is 0.583. The molecular weight excluding hydrogens is 204 g/mol. The Balaban J connectivity index is 2.11. The van der Waals surface area contributed by atoms with Crippen LogP contribution in [-0.4, -0.2) is 26.8 Å². The van der Waals surface area contributed by atoms with E-state index in [1.165, 1.54) is 6.20 Å². The molecule has 4 heteroatoms. The molecule has 1 aromatic rings. The number of aliphatic hydroxyl groups excluding tert-OH is 1. The zero-order valence-corrected chi connectivity index (χ0v) is 9.64. The molecule has 0 aromatic carbocycles. The van der Waals surface area contributed by atoms with E-state index >= 15 is 0 Å². The summed E-state index contributed by atoms with van der Waals surface area (Å²) in [6.07, 6.45) is 4.33. The normalized spacial score (nSPS) is 25.6. The smallest absolute Gasteiger partial charge is 0.134 e. The van der Waals surface area contributed by atoms with E-state index < -0.39 is 6.10 Å². The van der Waals surface area contributed by atoms with Gasteiger partial charge in [0.25, 0.3) is 0 Å². The van der Waals surface area contributed by atoms with E-state index in [-0.39, 0.29) is 17.3 Å². The van der Waals surface area contributed by atoms with Gasteiger partial charge in [0, 0.05) is 23.3 Å². The highest BCUT2D eigenvalue weighted by atomic mass is 16.3. The standard InChI is InChI=1S/C12H18N2O2/c1-12(2)4-3-10(14-12)11(16)8-5-9(15)7-13-6-8/h5-7,10-11,14-16H,3-4H2,1-2H3/t10-,11+/m1/s1. The minimum absolute atomic E-state index is 0.0404. The summed E-state index contributed by atoms with van der Waals surface area (Å²) in [6.45, 7) is 4.25. The van der Waals surface area contributed by atoms with Crippen molar-refractivity contribution >= 4 is 0 Å². The Hall–Kier alpha value is -1.13. The van der Waals surface area contributed by atoms with Gasteiger partial charge in [-0.15, -0.1) is 0 Å². The van der Waals surface area contributed by atoms with Gasteiger partial charge in [0.2, 0.25) is 0 Å². The van der Waals surface area contributed by atoms with Crippen molar-refractivity contribution in [2.24, 2.45) is 0 Å². The van der Waals surface area contributed by atoms with Gasteiger partial charge in [-0.05, 0) is 32.8 Å². The minimum Gasteiger partial charge on any atom is -0.506 e. The summed E-state index contributed by atoms with van der Waals surface area (Å²) in [5, 5.41) is 22.9. The van der Waals surface area contributed by atoms with Crippen molar-refractivity contribution in [2.45, 2.75) is 44.4 Å². The van der Waals surface area contributed by atoms with Gasteiger partial charge in [-0.3, -0.25) is 4.98 Å². The van der Waals surface area contributed by atoms with Crippen LogP contribution in [0.1, 0.15) is 38.4 Å². The van der Waals surface area contributed by atoms with Gasteiger partial charge in [-0.2, -0.15) is 0 Å². The summed E-state index contributed by atoms with van der Waals surface area (Å²) < 4.78 is 0. The van der Waals surface area contributed by atoms with Crippen LogP contribution in [0.4, 0.5) is 0 Å². The number of pyridine rings is 1. The molecule has 1 aliphatic rings. The van der Waals surface area contributed by atoms with Crippen LogP contribution < -0.4 is 5.32 Å². The van der Waals surface area contributed by atoms with Crippen LogP contribution in [0.5, 0.6) is 5.75 Å². The number of aromatic hydroxyl groups is 1. The Morgan fingerprint density at radius 3 is 2.81 bits per heavy atom. The third kappa shape index (κ3) is 2.33. The molecule has 88 valence electrons. The van der Waals surface area contributed by atoms with Crippen LogP contribution in [-0.2, 0) is 0 Å². The van der Waals surface area contributed by atoms with E-state index in [1.54, 1.807) is 12.3 Å². The van der Waals surface area contributed by atoms with Crippen molar-refractivity contribution in [3.8, 4) is 5.75 Å². The molecule has 0 spiro atoms. The number of hydrogen-bond acceptors (Lipinski definition) is 4. The Bertz CT molecular complexity index is 379. The van der Waals surface area contributed by atoms with Crippen LogP contribution in [0.25, 0.3) is 0 Å². The highest BCUT2D eigenvalue weighted by Crippen LogP contribution is 2.30. The Morgan fingerprint density at radius 2 is 2.25 bits per heavy atom. The largest absolute Gasteiger partial charge is 0.506 e. The quantitative estimate of drug-likeness (QED) is 0.706. The van der Waals surface area contributed by atoms with Gasteiger partial charge in [0.1, 0.15) is 5.75 Å². The Kier molecular flexibility index (Phi) is 2.86. The van der Waals surface area contributed by atoms with Crippen LogP contribution >= 0.6 is 0 Å². The number of nitrogens with one attached hydrogen (secondary N) is 1. The lowest BCUT2D eigenvalue weighted by atomic mass is 10.0. The molecule has 2 atom stereocenters. The molecule has 2 rings (SSSR count). The number of aliphatic hydroxyl groups is 1. The number of aromatic nitrogens is 1. The summed E-state index contributed by atoms with van der Waals surface area (Å²) in [5.74, 6) is 0.0915. The molecule has 0 saturated carbocycles. The van der Waals surface area contributed by atoms with Crippen LogP contribution in [0, 0.1) is 0 Å². The molecule has 3 N–H and O–H groups in total. The average Bonchev–Trinajstić information content (AvgIpc) is 2.58. The fourth-order valence-electron chi connectivity index (χ4n) is 2.24. The fourth-order valence-corrected chi connectivity index (χ4v) is 2.24. The first-order chi connectivity index (χ1) is 7.48. The number of nitrogens with zero attached hydrogens (tertiary/aromatic N) is 1. The zero-order chi connectivity index (χ0) is 11.8. The maximum Gasteiger partial charge on any atom is 0.134 e. The van der Waals surface area contributed by atoms with E-state index in [9.17, 15) is 10.2 Å². The minimum atomic E-state index is -0.610. The molecule has 1 aromatic heterocycles. The first kappa shape index (κ1) is 11.4. The molecule has 0 aliphatic carbocycles. The maximum absolute atomic E-state index is 10.2. The second-order valence-corrected chi connectivity index (χ2v) is 5.09. The predicted octanol–water partition coefficient (Wildman–Crippen LogP) is 1.35. The molecule has 2 heterocycles. The molecule has 0 radical (unpaired) electrons. The molecule has 1 fully saturated rings. The second-order valence-electron chi connectivity index (χ2n) is 5.09. The molecule has 1 saturated heterocycles. The van der Waals surface area contributed by atoms with Crippen molar-refractivity contribution < 1.29 is 10.2 Å². The van der Waals surface area contributed by atoms with Crippen LogP contribution in [0.15, 0.2) is 18.5 Å². The highest BCUT2D eigenvalue weighted by Gasteiger charge is 2.34. The first-order valence-electron chi connectivity index (χ1n) is 5.58. The summed E-state index contributed by atoms with van der Waals surface area (Å²) >= 11 is 0. The van der Waals surface area contributed by atoms with Gasteiger partial charge in [-0.25, -0.2) is 0 Å². The molecule has 16 heavy (non-hydrogen) atoms. The van der Waals surface area contributed by atoms with E-state index in [0.29, 0.717) is 5.56 Å². The highest BCUT2D eigenvalue weighted by molar-refractivity contribution is 5.25. The van der Waals surface area contributed by atoms with Crippen molar-refractivity contribution in [3.05, 3.63) is 24.0 Å². The SMILES string of the molecule is CC1(C)CC[C@H]([C@@H](O)c2cncc(O)c2)N1. The van der Waals surface area contributed by atoms with Gasteiger partial charge in [0.05, 0.1) is 12.3 Å². The summed E-state index contributed by atoms with van der Waals surface area (Å²) in [7, 11) is 0. The topological polar surface area (TPSA) is 65.4 Å². The molecular formula is C12H18N2O2. The number of rotatable bonds is 2. The van der Waals surface area contributed by atoms with Gasteiger partial charge in [-0.1, -0.05) is 0 Å². The molecule has 0 bridgehead atoms. The van der Waals surface area contributed by atoms with Gasteiger partial charge < -0.3 is 15.5 Å². The number of hydrogen-bond donors (Lipinski definition) is 3. The van der Waals surface area contributed by atoms with Crippen molar-refractivity contribution in [1.82, 2.24) is 10.3 Å². The zero-order valence-electron chi connectivity index (χ0n) is 9.64. The summed E-state index contributed by atoms with van der Waals surface area (Å²) in [5.41, 5.74) is 0.741. The maximum atomic E-state index is 10.2. The first-order valence-corrected chi connectivity index (χ1v) is 5.58. The van der Waals surface area contributed by atoms with Crippen LogP contribution in [0.2, 0.25) is 0 Å². The lowest BCUT2D eigenvalue weighted by molar-refractivity contribution is 0.131. The van der Waals surface area contributed by atoms with E-state index in [2.05, 4.69) is 24.1 Å². The van der Waals surface area contributed by atoms with Crippen LogP contribution in [0.3, 0.4) is 0 Å². The van der Waals surface area contributed by atoms with E-state index in [4.69, 9.17) is 0 Å². The third-order valence-corrected chi connectivity index (χ3v) is 3.12. The predicted molar refractivity (Wildman–Crippen MR) is 61.1 cm³/mol. The van der Waals surface area contributed by atoms with Gasteiger partial charge >= 0.3 is 0 Å². The van der Waals surface area contributed by atoms with Gasteiger partial charge in [0.15, 0.2) is 0 Å². The lowest BCUT2D eigenvalue weighted by Gasteiger charge is -2.23. The van der Waals surface area contributed by atoms with Crippen molar-refractivity contribution in [1.29, 1.82) is 0 Å².